The molecule has 0 atom stereocenters. The lowest BCUT2D eigenvalue weighted by molar-refractivity contribution is 0.0636. The summed E-state index contributed by atoms with van der Waals surface area (Å²) in [4.78, 5) is 11.8. The zero-order valence-electron chi connectivity index (χ0n) is 14.0. The summed E-state index contributed by atoms with van der Waals surface area (Å²) in [6, 6.07) is 7.04. The Balaban J connectivity index is 2.24. The van der Waals surface area contributed by atoms with Crippen LogP contribution in [0, 0.1) is 0 Å². The standard InChI is InChI=1S/C16H22N4O3/c1-16(2,3)23-15(21)18-10-6-7-11(13(8-10)22-5)12-9-14(17)20(4)19-12/h6-9H,17H2,1-5H3,(H,18,21). The molecule has 0 bridgehead atoms. The normalized spacial score (nSPS) is 11.2. The molecule has 0 aliphatic heterocycles. The van der Waals surface area contributed by atoms with Crippen molar-refractivity contribution in [2.75, 3.05) is 18.2 Å². The lowest BCUT2D eigenvalue weighted by atomic mass is 10.1. The Morgan fingerprint density at radius 3 is 2.52 bits per heavy atom. The third-order valence-electron chi connectivity index (χ3n) is 3.04. The van der Waals surface area contributed by atoms with Gasteiger partial charge in [0.1, 0.15) is 17.2 Å². The predicted octanol–water partition coefficient (Wildman–Crippen LogP) is 3.02. The molecule has 2 rings (SSSR count). The van der Waals surface area contributed by atoms with E-state index in [9.17, 15) is 4.79 Å². The minimum absolute atomic E-state index is 0.519. The average molecular weight is 318 g/mol. The third-order valence-corrected chi connectivity index (χ3v) is 3.04. The van der Waals surface area contributed by atoms with E-state index in [1.807, 2.05) is 26.8 Å². The number of nitrogen functional groups attached to an aromatic ring is 1. The number of nitrogens with two attached hydrogens (primary N) is 1. The lowest BCUT2D eigenvalue weighted by Crippen LogP contribution is -2.27. The van der Waals surface area contributed by atoms with Gasteiger partial charge in [-0.05, 0) is 32.9 Å². The largest absolute Gasteiger partial charge is 0.496 e. The number of ether oxygens (including phenoxy) is 2. The second-order valence-corrected chi connectivity index (χ2v) is 6.12. The number of methoxy groups -OCH3 is 1. The molecular weight excluding hydrogens is 296 g/mol. The van der Waals surface area contributed by atoms with Gasteiger partial charge in [-0.1, -0.05) is 0 Å². The maximum Gasteiger partial charge on any atom is 0.412 e. The molecule has 1 aromatic carbocycles. The molecular formula is C16H22N4O3. The van der Waals surface area contributed by atoms with E-state index in [0.29, 0.717) is 22.9 Å². The number of aryl methyl sites for hydroxylation is 1. The van der Waals surface area contributed by atoms with Gasteiger partial charge >= 0.3 is 6.09 Å². The summed E-state index contributed by atoms with van der Waals surface area (Å²) in [6.45, 7) is 5.42. The zero-order chi connectivity index (χ0) is 17.2. The second kappa shape index (κ2) is 6.20. The molecule has 2 aromatic rings. The molecule has 124 valence electrons. The van der Waals surface area contributed by atoms with Crippen molar-refractivity contribution >= 4 is 17.6 Å². The number of anilines is 2. The molecule has 23 heavy (non-hydrogen) atoms. The first-order valence-electron chi connectivity index (χ1n) is 7.17. The summed E-state index contributed by atoms with van der Waals surface area (Å²) in [7, 11) is 3.33. The number of carbonyl (C=O) groups excluding carboxylic acids is 1. The number of nitrogens with zero attached hydrogens (tertiary/aromatic N) is 2. The smallest absolute Gasteiger partial charge is 0.412 e. The SMILES string of the molecule is COc1cc(NC(=O)OC(C)(C)C)ccc1-c1cc(N)n(C)n1. The quantitative estimate of drug-likeness (QED) is 0.907. The highest BCUT2D eigenvalue weighted by Gasteiger charge is 2.17. The van der Waals surface area contributed by atoms with Crippen molar-refractivity contribution < 1.29 is 14.3 Å². The Hall–Kier alpha value is -2.70. The first-order chi connectivity index (χ1) is 10.7. The van der Waals surface area contributed by atoms with Crippen molar-refractivity contribution in [1.29, 1.82) is 0 Å². The van der Waals surface area contributed by atoms with Crippen molar-refractivity contribution in [2.24, 2.45) is 7.05 Å². The van der Waals surface area contributed by atoms with Gasteiger partial charge in [-0.3, -0.25) is 10.00 Å². The van der Waals surface area contributed by atoms with Gasteiger partial charge in [0, 0.05) is 30.4 Å². The zero-order valence-corrected chi connectivity index (χ0v) is 14.0. The van der Waals surface area contributed by atoms with Gasteiger partial charge in [-0.2, -0.15) is 5.10 Å². The first kappa shape index (κ1) is 16.7. The van der Waals surface area contributed by atoms with Crippen LogP contribution < -0.4 is 15.8 Å². The van der Waals surface area contributed by atoms with Gasteiger partial charge in [0.2, 0.25) is 0 Å². The molecule has 0 fully saturated rings. The van der Waals surface area contributed by atoms with Gasteiger partial charge < -0.3 is 15.2 Å². The van der Waals surface area contributed by atoms with E-state index in [1.165, 1.54) is 0 Å². The summed E-state index contributed by atoms with van der Waals surface area (Å²) in [5.74, 6) is 1.13. The van der Waals surface area contributed by atoms with Crippen LogP contribution in [0.25, 0.3) is 11.3 Å². The Morgan fingerprint density at radius 1 is 1.30 bits per heavy atom. The van der Waals surface area contributed by atoms with Crippen LogP contribution in [0.3, 0.4) is 0 Å². The van der Waals surface area contributed by atoms with Crippen LogP contribution >= 0.6 is 0 Å². The van der Waals surface area contributed by atoms with E-state index in [0.717, 1.165) is 5.56 Å². The first-order valence-corrected chi connectivity index (χ1v) is 7.17. The van der Waals surface area contributed by atoms with Gasteiger partial charge in [0.05, 0.1) is 12.8 Å². The minimum atomic E-state index is -0.556. The molecule has 0 unspecified atom stereocenters. The van der Waals surface area contributed by atoms with E-state index < -0.39 is 11.7 Å². The fourth-order valence-corrected chi connectivity index (χ4v) is 2.02. The number of rotatable bonds is 3. The van der Waals surface area contributed by atoms with Crippen molar-refractivity contribution in [3.63, 3.8) is 0 Å². The predicted molar refractivity (Wildman–Crippen MR) is 89.5 cm³/mol. The van der Waals surface area contributed by atoms with E-state index in [-0.39, 0.29) is 0 Å². The molecule has 1 amide bonds. The molecule has 1 heterocycles. The van der Waals surface area contributed by atoms with Crippen LogP contribution in [0.5, 0.6) is 5.75 Å². The van der Waals surface area contributed by atoms with Gasteiger partial charge in [0.25, 0.3) is 0 Å². The summed E-state index contributed by atoms with van der Waals surface area (Å²) >= 11 is 0. The van der Waals surface area contributed by atoms with E-state index in [1.54, 1.807) is 37.0 Å². The van der Waals surface area contributed by atoms with Crippen LogP contribution in [-0.2, 0) is 11.8 Å². The summed E-state index contributed by atoms with van der Waals surface area (Å²) in [6.07, 6.45) is -0.519. The van der Waals surface area contributed by atoms with Crippen LogP contribution in [0.15, 0.2) is 24.3 Å². The molecule has 0 saturated heterocycles. The summed E-state index contributed by atoms with van der Waals surface area (Å²) in [5, 5.41) is 7.00. The summed E-state index contributed by atoms with van der Waals surface area (Å²) in [5.41, 5.74) is 7.31. The van der Waals surface area contributed by atoms with Crippen LogP contribution in [0.2, 0.25) is 0 Å². The maximum absolute atomic E-state index is 11.8. The molecule has 1 aromatic heterocycles. The number of nitrogens with one attached hydrogen (secondary N) is 1. The molecule has 0 spiro atoms. The topological polar surface area (TPSA) is 91.4 Å². The Labute approximate surface area is 135 Å². The Kier molecular flexibility index (Phi) is 4.49. The van der Waals surface area contributed by atoms with Crippen molar-refractivity contribution in [2.45, 2.75) is 26.4 Å². The van der Waals surface area contributed by atoms with Crippen molar-refractivity contribution in [1.82, 2.24) is 9.78 Å². The Morgan fingerprint density at radius 2 is 2.00 bits per heavy atom. The van der Waals surface area contributed by atoms with E-state index >= 15 is 0 Å². The molecule has 0 saturated carbocycles. The summed E-state index contributed by atoms with van der Waals surface area (Å²) < 4.78 is 12.2. The molecule has 7 nitrogen and oxygen atoms in total. The van der Waals surface area contributed by atoms with Crippen molar-refractivity contribution in [3.05, 3.63) is 24.3 Å². The fourth-order valence-electron chi connectivity index (χ4n) is 2.02. The van der Waals surface area contributed by atoms with Gasteiger partial charge in [0.15, 0.2) is 0 Å². The second-order valence-electron chi connectivity index (χ2n) is 6.12. The Bertz CT molecular complexity index is 697. The number of aromatic nitrogens is 2. The number of hydrogen-bond donors (Lipinski definition) is 2. The minimum Gasteiger partial charge on any atom is -0.496 e. The van der Waals surface area contributed by atoms with E-state index in [4.69, 9.17) is 15.2 Å². The van der Waals surface area contributed by atoms with Gasteiger partial charge in [-0.15, -0.1) is 0 Å². The highest BCUT2D eigenvalue weighted by atomic mass is 16.6. The molecule has 7 heteroatoms. The molecule has 3 N–H and O–H groups in total. The number of carbonyl (C=O) groups is 1. The average Bonchev–Trinajstić information content (AvgIpc) is 2.76. The molecule has 0 radical (unpaired) electrons. The molecule has 0 aliphatic rings. The monoisotopic (exact) mass is 318 g/mol. The number of hydrogen-bond acceptors (Lipinski definition) is 5. The number of amides is 1. The van der Waals surface area contributed by atoms with Gasteiger partial charge in [-0.25, -0.2) is 4.79 Å². The fraction of sp³-hybridized carbons (Fsp3) is 0.375. The van der Waals surface area contributed by atoms with Crippen LogP contribution in [0.1, 0.15) is 20.8 Å². The third kappa shape index (κ3) is 4.15. The highest BCUT2D eigenvalue weighted by Crippen LogP contribution is 2.32. The van der Waals surface area contributed by atoms with E-state index in [2.05, 4.69) is 10.4 Å². The maximum atomic E-state index is 11.8. The number of benzene rings is 1. The van der Waals surface area contributed by atoms with Crippen LogP contribution in [-0.4, -0.2) is 28.6 Å². The highest BCUT2D eigenvalue weighted by molar-refractivity contribution is 5.86. The lowest BCUT2D eigenvalue weighted by Gasteiger charge is -2.20. The molecule has 0 aliphatic carbocycles. The van der Waals surface area contributed by atoms with Crippen molar-refractivity contribution in [3.8, 4) is 17.0 Å². The van der Waals surface area contributed by atoms with Crippen LogP contribution in [0.4, 0.5) is 16.3 Å².